The van der Waals surface area contributed by atoms with Crippen LogP contribution in [-0.2, 0) is 5.54 Å². The first-order valence-corrected chi connectivity index (χ1v) is 8.79. The fourth-order valence-corrected chi connectivity index (χ4v) is 4.23. The maximum absolute atomic E-state index is 3.84. The molecule has 2 heteroatoms. The lowest BCUT2D eigenvalue weighted by Crippen LogP contribution is -2.63. The Morgan fingerprint density at radius 2 is 1.86 bits per heavy atom. The molecule has 1 saturated heterocycles. The van der Waals surface area contributed by atoms with Crippen LogP contribution in [0.1, 0.15) is 57.9 Å². The van der Waals surface area contributed by atoms with Crippen LogP contribution in [0.15, 0.2) is 30.3 Å². The largest absolute Gasteiger partial charge is 0.305 e. The van der Waals surface area contributed by atoms with Gasteiger partial charge < -0.3 is 5.32 Å². The van der Waals surface area contributed by atoms with Crippen LogP contribution in [0.25, 0.3) is 0 Å². The zero-order valence-corrected chi connectivity index (χ0v) is 13.6. The summed E-state index contributed by atoms with van der Waals surface area (Å²) in [6, 6.07) is 12.5. The molecule has 1 aliphatic heterocycles. The van der Waals surface area contributed by atoms with Gasteiger partial charge in [0.1, 0.15) is 0 Å². The molecule has 3 rings (SSSR count). The molecule has 2 atom stereocenters. The predicted octanol–water partition coefficient (Wildman–Crippen LogP) is 3.92. The maximum Gasteiger partial charge on any atom is 0.0535 e. The minimum absolute atomic E-state index is 0.102. The van der Waals surface area contributed by atoms with Gasteiger partial charge in [0, 0.05) is 25.2 Å². The van der Waals surface area contributed by atoms with Crippen LogP contribution in [-0.4, -0.2) is 30.1 Å². The molecule has 1 heterocycles. The second kappa shape index (κ2) is 6.50. The summed E-state index contributed by atoms with van der Waals surface area (Å²) in [5.41, 5.74) is 1.53. The molecule has 0 bridgehead atoms. The fraction of sp³-hybridized carbons (Fsp3) is 0.684. The molecule has 2 fully saturated rings. The van der Waals surface area contributed by atoms with Gasteiger partial charge in [-0.1, -0.05) is 56.5 Å². The topological polar surface area (TPSA) is 15.3 Å². The van der Waals surface area contributed by atoms with E-state index in [1.807, 2.05) is 0 Å². The van der Waals surface area contributed by atoms with Crippen LogP contribution in [0.2, 0.25) is 0 Å². The number of nitrogens with zero attached hydrogens (tertiary/aromatic N) is 1. The van der Waals surface area contributed by atoms with E-state index in [-0.39, 0.29) is 5.54 Å². The van der Waals surface area contributed by atoms with Crippen LogP contribution in [0.3, 0.4) is 0 Å². The molecule has 0 amide bonds. The summed E-state index contributed by atoms with van der Waals surface area (Å²) >= 11 is 0. The van der Waals surface area contributed by atoms with Crippen molar-refractivity contribution in [2.45, 2.75) is 70.0 Å². The molecule has 0 radical (unpaired) electrons. The van der Waals surface area contributed by atoms with E-state index in [1.165, 1.54) is 44.1 Å². The number of rotatable bonds is 3. The number of hydrogen-bond acceptors (Lipinski definition) is 2. The Bertz CT molecular complexity index is 438. The average Bonchev–Trinajstić information content (AvgIpc) is 2.56. The molecule has 1 aromatic carbocycles. The Balaban J connectivity index is 1.80. The zero-order chi connectivity index (χ0) is 14.7. The summed E-state index contributed by atoms with van der Waals surface area (Å²) in [5, 5.41) is 3.84. The van der Waals surface area contributed by atoms with Gasteiger partial charge in [-0.2, -0.15) is 0 Å². The first-order chi connectivity index (χ1) is 10.2. The molecule has 2 aliphatic rings. The average molecular weight is 286 g/mol. The lowest BCUT2D eigenvalue weighted by molar-refractivity contribution is 0.0293. The SMILES string of the molecule is CCC1CNC(C)(c2ccccc2)CN1C1CCCCC1. The van der Waals surface area contributed by atoms with Crippen molar-refractivity contribution in [3.05, 3.63) is 35.9 Å². The van der Waals surface area contributed by atoms with Gasteiger partial charge in [-0.25, -0.2) is 0 Å². The summed E-state index contributed by atoms with van der Waals surface area (Å²) in [7, 11) is 0. The standard InChI is InChI=1S/C19H30N2/c1-3-17-14-20-19(2,16-10-6-4-7-11-16)15-21(17)18-12-8-5-9-13-18/h4,6-7,10-11,17-18,20H,3,5,8-9,12-15H2,1-2H3. The van der Waals surface area contributed by atoms with Crippen LogP contribution in [0.4, 0.5) is 0 Å². The summed E-state index contributed by atoms with van der Waals surface area (Å²) in [5.74, 6) is 0. The normalized spacial score (nSPS) is 32.2. The molecule has 1 aliphatic carbocycles. The maximum atomic E-state index is 3.84. The minimum atomic E-state index is 0.102. The van der Waals surface area contributed by atoms with Gasteiger partial charge in [0.05, 0.1) is 5.54 Å². The number of nitrogens with one attached hydrogen (secondary N) is 1. The first-order valence-electron chi connectivity index (χ1n) is 8.79. The molecule has 1 N–H and O–H groups in total. The van der Waals surface area contributed by atoms with E-state index >= 15 is 0 Å². The summed E-state index contributed by atoms with van der Waals surface area (Å²) in [6.07, 6.45) is 8.35. The summed E-state index contributed by atoms with van der Waals surface area (Å²) in [6.45, 7) is 7.00. The van der Waals surface area contributed by atoms with E-state index in [2.05, 4.69) is 54.4 Å². The van der Waals surface area contributed by atoms with E-state index in [9.17, 15) is 0 Å². The van der Waals surface area contributed by atoms with E-state index in [1.54, 1.807) is 0 Å². The third kappa shape index (κ3) is 3.17. The zero-order valence-electron chi connectivity index (χ0n) is 13.6. The van der Waals surface area contributed by atoms with E-state index < -0.39 is 0 Å². The summed E-state index contributed by atoms with van der Waals surface area (Å²) in [4.78, 5) is 2.84. The molecule has 1 aromatic rings. The highest BCUT2D eigenvalue weighted by atomic mass is 15.3. The number of hydrogen-bond donors (Lipinski definition) is 1. The molecule has 0 spiro atoms. The Labute approximate surface area is 129 Å². The van der Waals surface area contributed by atoms with Gasteiger partial charge in [0.2, 0.25) is 0 Å². The van der Waals surface area contributed by atoms with Crippen molar-refractivity contribution in [1.29, 1.82) is 0 Å². The minimum Gasteiger partial charge on any atom is -0.305 e. The van der Waals surface area contributed by atoms with Crippen molar-refractivity contribution in [3.63, 3.8) is 0 Å². The van der Waals surface area contributed by atoms with Gasteiger partial charge in [-0.05, 0) is 31.7 Å². The lowest BCUT2D eigenvalue weighted by atomic mass is 9.84. The van der Waals surface area contributed by atoms with Crippen LogP contribution < -0.4 is 5.32 Å². The molecule has 116 valence electrons. The van der Waals surface area contributed by atoms with Gasteiger partial charge in [0.25, 0.3) is 0 Å². The molecule has 2 unspecified atom stereocenters. The second-order valence-corrected chi connectivity index (χ2v) is 7.11. The highest BCUT2D eigenvalue weighted by molar-refractivity contribution is 5.25. The Hall–Kier alpha value is -0.860. The van der Waals surface area contributed by atoms with Crippen molar-refractivity contribution in [2.75, 3.05) is 13.1 Å². The number of benzene rings is 1. The van der Waals surface area contributed by atoms with E-state index in [0.29, 0.717) is 6.04 Å². The Morgan fingerprint density at radius 3 is 2.52 bits per heavy atom. The van der Waals surface area contributed by atoms with Gasteiger partial charge in [-0.15, -0.1) is 0 Å². The van der Waals surface area contributed by atoms with Crippen molar-refractivity contribution < 1.29 is 0 Å². The Kier molecular flexibility index (Phi) is 4.66. The van der Waals surface area contributed by atoms with E-state index in [0.717, 1.165) is 19.1 Å². The monoisotopic (exact) mass is 286 g/mol. The highest BCUT2D eigenvalue weighted by Gasteiger charge is 2.39. The van der Waals surface area contributed by atoms with Gasteiger partial charge in [-0.3, -0.25) is 4.90 Å². The van der Waals surface area contributed by atoms with Crippen molar-refractivity contribution in [3.8, 4) is 0 Å². The van der Waals surface area contributed by atoms with Crippen molar-refractivity contribution >= 4 is 0 Å². The van der Waals surface area contributed by atoms with Crippen LogP contribution >= 0.6 is 0 Å². The molecule has 2 nitrogen and oxygen atoms in total. The van der Waals surface area contributed by atoms with Gasteiger partial charge in [0.15, 0.2) is 0 Å². The van der Waals surface area contributed by atoms with Gasteiger partial charge >= 0.3 is 0 Å². The molecular weight excluding hydrogens is 256 g/mol. The first kappa shape index (κ1) is 15.1. The molecule has 21 heavy (non-hydrogen) atoms. The van der Waals surface area contributed by atoms with Crippen LogP contribution in [0, 0.1) is 0 Å². The number of piperazine rings is 1. The second-order valence-electron chi connectivity index (χ2n) is 7.11. The molecule has 0 aromatic heterocycles. The van der Waals surface area contributed by atoms with Crippen LogP contribution in [0.5, 0.6) is 0 Å². The summed E-state index contributed by atoms with van der Waals surface area (Å²) < 4.78 is 0. The smallest absolute Gasteiger partial charge is 0.0535 e. The Morgan fingerprint density at radius 1 is 1.14 bits per heavy atom. The van der Waals surface area contributed by atoms with Crippen molar-refractivity contribution in [2.24, 2.45) is 0 Å². The molecule has 1 saturated carbocycles. The highest BCUT2D eigenvalue weighted by Crippen LogP contribution is 2.32. The van der Waals surface area contributed by atoms with E-state index in [4.69, 9.17) is 0 Å². The third-order valence-electron chi connectivity index (χ3n) is 5.62. The lowest BCUT2D eigenvalue weighted by Gasteiger charge is -2.50. The molecular formula is C19H30N2. The van der Waals surface area contributed by atoms with Crippen molar-refractivity contribution in [1.82, 2.24) is 10.2 Å². The predicted molar refractivity (Wildman–Crippen MR) is 89.5 cm³/mol. The fourth-order valence-electron chi connectivity index (χ4n) is 4.23. The third-order valence-corrected chi connectivity index (χ3v) is 5.62. The quantitative estimate of drug-likeness (QED) is 0.906.